The van der Waals surface area contributed by atoms with Crippen molar-refractivity contribution in [3.63, 3.8) is 0 Å². The van der Waals surface area contributed by atoms with E-state index < -0.39 is 0 Å². The number of hydrogen-bond acceptors (Lipinski definition) is 0. The van der Waals surface area contributed by atoms with Gasteiger partial charge >= 0.3 is 0 Å². The molecule has 0 unspecified atom stereocenters. The molecule has 0 nitrogen and oxygen atoms in total. The first-order chi connectivity index (χ1) is 0. The van der Waals surface area contributed by atoms with Gasteiger partial charge in [0.2, 0.25) is 0 Å². The van der Waals surface area contributed by atoms with Gasteiger partial charge in [0.25, 0.3) is 0 Å². The van der Waals surface area contributed by atoms with E-state index in [4.69, 9.17) is 0 Å². The summed E-state index contributed by atoms with van der Waals surface area (Å²) in [5.74, 6) is 0. The fourth-order valence-corrected chi connectivity index (χ4v) is 0. The Labute approximate surface area is 108 Å². The largest absolute Gasteiger partial charge is 0 e. The fourth-order valence-electron chi connectivity index (χ4n) is 0. The predicted molar refractivity (Wildman–Crippen MR) is 0 cm³/mol. The predicted octanol–water partition coefficient (Wildman–Crippen LogP) is -0.0125. The van der Waals surface area contributed by atoms with E-state index in [9.17, 15) is 0 Å². The van der Waals surface area contributed by atoms with E-state index >= 15 is 0 Å². The minimum Gasteiger partial charge on any atom is 0 e. The van der Waals surface area contributed by atoms with E-state index in [0.717, 1.165) is 0 Å². The van der Waals surface area contributed by atoms with Gasteiger partial charge < -0.3 is 0 Å². The van der Waals surface area contributed by atoms with Gasteiger partial charge in [-0.15, -0.1) is 0 Å². The third kappa shape index (κ3) is 18.4. The SMILES string of the molecule is [Ag].[Au].[Cu].[Hg].[Pt]. The molecule has 0 fully saturated rings. The Hall–Kier alpha value is 3.62. The molecule has 0 aromatic rings. The van der Waals surface area contributed by atoms with E-state index in [2.05, 4.69) is 0 Å². The molecule has 5 heavy (non-hydrogen) atoms. The van der Waals surface area contributed by atoms with Gasteiger partial charge in [0.15, 0.2) is 0 Å². The molecule has 0 N–H and O–H groups in total. The zero-order valence-corrected chi connectivity index (χ0v) is 14.3. The van der Waals surface area contributed by atoms with Crippen LogP contribution in [0.4, 0.5) is 0 Å². The summed E-state index contributed by atoms with van der Waals surface area (Å²) in [6.07, 6.45) is 0. The van der Waals surface area contributed by atoms with Crippen LogP contribution in [0.15, 0.2) is 0 Å². The molecule has 0 heterocycles. The normalized spacial score (nSPS) is 0. The van der Waals surface area contributed by atoms with Crippen LogP contribution >= 0.6 is 0 Å². The van der Waals surface area contributed by atoms with Gasteiger partial charge in [-0.1, -0.05) is 0 Å². The van der Waals surface area contributed by atoms with Gasteiger partial charge in [-0.2, -0.15) is 0 Å². The molecule has 5 heteroatoms. The Bertz CT molecular complexity index is 11.6. The molecule has 0 rings (SSSR count). The van der Waals surface area contributed by atoms with Crippen molar-refractivity contribution < 1.29 is 111 Å². The topological polar surface area (TPSA) is 0 Å². The van der Waals surface area contributed by atoms with Crippen LogP contribution in [-0.4, -0.2) is 0 Å². The van der Waals surface area contributed by atoms with Crippen LogP contribution in [0, 0.1) is 0 Å². The van der Waals surface area contributed by atoms with Crippen LogP contribution in [0.3, 0.4) is 0 Å². The summed E-state index contributed by atoms with van der Waals surface area (Å²) >= 11 is 0. The molecule has 0 aliphatic carbocycles. The van der Waals surface area contributed by atoms with E-state index in [-0.39, 0.29) is 111 Å². The summed E-state index contributed by atoms with van der Waals surface area (Å²) in [4.78, 5) is 0. The third-order valence-corrected chi connectivity index (χ3v) is 0. The molecule has 0 aliphatic rings. The van der Waals surface area contributed by atoms with Crippen molar-refractivity contribution in [1.29, 1.82) is 0 Å². The summed E-state index contributed by atoms with van der Waals surface area (Å²) < 4.78 is 0. The monoisotopic (exact) mass is 764 g/mol. The summed E-state index contributed by atoms with van der Waals surface area (Å²) in [6.45, 7) is 0. The summed E-state index contributed by atoms with van der Waals surface area (Å²) in [5, 5.41) is 0. The molecular weight excluding hydrogens is 764 g/mol. The first kappa shape index (κ1) is 38.2. The second-order valence-electron chi connectivity index (χ2n) is 0. The van der Waals surface area contributed by atoms with Crippen LogP contribution < -0.4 is 0 Å². The Morgan fingerprint density at radius 3 is 1.00 bits per heavy atom. The zero-order chi connectivity index (χ0) is 0. The second-order valence-corrected chi connectivity index (χ2v) is 0. The van der Waals surface area contributed by atoms with Gasteiger partial charge in [-0.05, 0) is 0 Å². The maximum atomic E-state index is 0. The van der Waals surface area contributed by atoms with Crippen LogP contribution in [0.2, 0.25) is 0 Å². The maximum Gasteiger partial charge on any atom is 0 e. The van der Waals surface area contributed by atoms with E-state index in [1.165, 1.54) is 0 Å². The molecule has 0 atom stereocenters. The van der Waals surface area contributed by atoms with Gasteiger partial charge in [0, 0.05) is 111 Å². The molecule has 0 aromatic carbocycles. The van der Waals surface area contributed by atoms with E-state index in [0.29, 0.717) is 0 Å². The van der Waals surface area contributed by atoms with Gasteiger partial charge in [-0.25, -0.2) is 0 Å². The first-order valence-electron chi connectivity index (χ1n) is 0. The average molecular weight is 764 g/mol. The molecule has 0 saturated heterocycles. The Morgan fingerprint density at radius 2 is 1.00 bits per heavy atom. The molecule has 0 bridgehead atoms. The summed E-state index contributed by atoms with van der Waals surface area (Å²) in [5.41, 5.74) is 0. The molecule has 0 amide bonds. The first-order valence-corrected chi connectivity index (χ1v) is 0. The number of hydrogen-bond donors (Lipinski definition) is 0. The van der Waals surface area contributed by atoms with Crippen molar-refractivity contribution >= 4 is 0 Å². The standard InChI is InChI=1S/Ag.Au.Cu.Hg.Pt. The van der Waals surface area contributed by atoms with Crippen LogP contribution in [0.1, 0.15) is 0 Å². The molecule has 0 aromatic heterocycles. The Balaban J connectivity index is 0. The quantitative estimate of drug-likeness (QED) is 0.305. The smallest absolute Gasteiger partial charge is 0 e. The third-order valence-electron chi connectivity index (χ3n) is 0. The van der Waals surface area contributed by atoms with Gasteiger partial charge in [-0.3, -0.25) is 0 Å². The molecule has 3 radical (unpaired) electrons. The molecule has 0 aliphatic heterocycles. The Kier molecular flexibility index (Phi) is 194. The molecule has 0 spiro atoms. The summed E-state index contributed by atoms with van der Waals surface area (Å²) in [7, 11) is 0. The average Bonchev–Trinajstić information content (AvgIpc) is 0. The van der Waals surface area contributed by atoms with Crippen molar-refractivity contribution in [3.8, 4) is 0 Å². The fraction of sp³-hybridized carbons (Fsp3) is 0. The van der Waals surface area contributed by atoms with E-state index in [1.807, 2.05) is 0 Å². The molecular formula is AgAuCuHgPt. The minimum atomic E-state index is 0. The second kappa shape index (κ2) is 25.5. The summed E-state index contributed by atoms with van der Waals surface area (Å²) in [6, 6.07) is 0. The van der Waals surface area contributed by atoms with Crippen molar-refractivity contribution in [3.05, 3.63) is 0 Å². The van der Waals surface area contributed by atoms with Crippen molar-refractivity contribution in [1.82, 2.24) is 0 Å². The van der Waals surface area contributed by atoms with Gasteiger partial charge in [0.1, 0.15) is 0 Å². The van der Waals surface area contributed by atoms with Crippen LogP contribution in [0.25, 0.3) is 0 Å². The van der Waals surface area contributed by atoms with Crippen molar-refractivity contribution in [2.24, 2.45) is 0 Å². The minimum absolute atomic E-state index is 0. The number of rotatable bonds is 0. The van der Waals surface area contributed by atoms with E-state index in [1.54, 1.807) is 0 Å². The van der Waals surface area contributed by atoms with Crippen molar-refractivity contribution in [2.45, 2.75) is 0 Å². The zero-order valence-electron chi connectivity index (χ0n) is 1.93. The maximum absolute atomic E-state index is 0. The van der Waals surface area contributed by atoms with Crippen molar-refractivity contribution in [2.75, 3.05) is 0 Å². The Morgan fingerprint density at radius 1 is 1.00 bits per heavy atom. The van der Waals surface area contributed by atoms with Gasteiger partial charge in [0.05, 0.1) is 0 Å². The molecule has 45 valence electrons. The van der Waals surface area contributed by atoms with Crippen LogP contribution in [0.5, 0.6) is 0 Å². The van der Waals surface area contributed by atoms with Crippen LogP contribution in [-0.2, 0) is 111 Å². The molecule has 0 saturated carbocycles.